The molecule has 0 unspecified atom stereocenters. The Kier molecular flexibility index (Phi) is 32.5. The number of aromatic amines is 3. The molecule has 0 spiro atoms. The number of aromatic nitrogens is 26. The third kappa shape index (κ3) is 28.3. The van der Waals surface area contributed by atoms with Crippen LogP contribution < -0.4 is 9.47 Å². The molecule has 22 rings (SSSR count). The minimum absolute atomic E-state index is 0.360. The van der Waals surface area contributed by atoms with Gasteiger partial charge in [-0.15, -0.1) is 26.6 Å². The number of para-hydroxylation sites is 5. The van der Waals surface area contributed by atoms with Gasteiger partial charge < -0.3 is 23.3 Å². The molecule has 17 aromatic heterocycles. The Balaban J connectivity index is 0.000000132. The summed E-state index contributed by atoms with van der Waals surface area (Å²) in [7, 11) is 0. The van der Waals surface area contributed by atoms with E-state index in [0.29, 0.717) is 6.79 Å². The lowest BCUT2D eigenvalue weighted by Crippen LogP contribution is -1.92. The number of ether oxygens (including phenoxy) is 2. The van der Waals surface area contributed by atoms with E-state index in [1.165, 1.54) is 12.7 Å². The average molecular weight is 1410 g/mol. The molecule has 105 heavy (non-hydrogen) atoms. The van der Waals surface area contributed by atoms with Gasteiger partial charge in [-0.25, -0.2) is 38.5 Å². The maximum Gasteiger partial charge on any atom is 0.231 e. The number of hydrogen-bond acceptors (Lipinski definition) is 22. The molecule has 0 radical (unpaired) electrons. The van der Waals surface area contributed by atoms with Crippen molar-refractivity contribution in [3.05, 3.63) is 385 Å². The lowest BCUT2D eigenvalue weighted by atomic mass is 10.3. The number of pyridine rings is 5. The number of H-pyrrole nitrogens is 3. The van der Waals surface area contributed by atoms with Crippen LogP contribution in [-0.4, -0.2) is 136 Å². The van der Waals surface area contributed by atoms with Gasteiger partial charge >= 0.3 is 0 Å². The van der Waals surface area contributed by atoms with Crippen molar-refractivity contribution in [1.82, 2.24) is 129 Å². The molecular weight excluding hydrogens is 1350 g/mol. The van der Waals surface area contributed by atoms with E-state index in [0.717, 1.165) is 61.7 Å². The molecule has 3 N–H and O–H groups in total. The number of nitrogens with zero attached hydrogens (tertiary/aromatic N) is 23. The van der Waals surface area contributed by atoms with E-state index in [4.69, 9.17) is 13.9 Å². The fraction of sp³-hybridized carbons (Fsp3) is 0.0133. The van der Waals surface area contributed by atoms with Gasteiger partial charge in [-0.2, -0.15) is 30.6 Å². The molecule has 18 heterocycles. The zero-order valence-electron chi connectivity index (χ0n) is 56.0. The first kappa shape index (κ1) is 74.0. The van der Waals surface area contributed by atoms with Crippen LogP contribution in [0.25, 0.3) is 50.2 Å². The Morgan fingerprint density at radius 2 is 1.07 bits per heavy atom. The number of nitrogens with one attached hydrogen (secondary N) is 3. The van der Waals surface area contributed by atoms with Gasteiger partial charge in [0.25, 0.3) is 0 Å². The molecule has 0 aliphatic carbocycles. The third-order valence-electron chi connectivity index (χ3n) is 12.7. The minimum Gasteiger partial charge on any atom is -0.454 e. The van der Waals surface area contributed by atoms with Crippen LogP contribution in [0.15, 0.2) is 389 Å². The summed E-state index contributed by atoms with van der Waals surface area (Å²) < 4.78 is 24.0. The molecule has 522 valence electrons. The van der Waals surface area contributed by atoms with Gasteiger partial charge in [0.05, 0.1) is 29.7 Å². The van der Waals surface area contributed by atoms with Crippen LogP contribution in [0.4, 0.5) is 0 Å². The van der Waals surface area contributed by atoms with E-state index in [9.17, 15) is 0 Å². The van der Waals surface area contributed by atoms with Gasteiger partial charge in [-0.3, -0.25) is 24.6 Å². The predicted octanol–water partition coefficient (Wildman–Crippen LogP) is 13.7. The van der Waals surface area contributed by atoms with Crippen LogP contribution in [0, 0.1) is 0 Å². The number of tetrazole rings is 1. The highest BCUT2D eigenvalue weighted by Crippen LogP contribution is 2.30. The molecule has 0 atom stereocenters. The van der Waals surface area contributed by atoms with Gasteiger partial charge in [0.15, 0.2) is 46.1 Å². The van der Waals surface area contributed by atoms with E-state index in [-0.39, 0.29) is 0 Å². The second kappa shape index (κ2) is 46.1. The van der Waals surface area contributed by atoms with Crippen molar-refractivity contribution < 1.29 is 13.9 Å². The lowest BCUT2D eigenvalue weighted by Gasteiger charge is -1.89. The third-order valence-corrected chi connectivity index (χ3v) is 13.2. The lowest BCUT2D eigenvalue weighted by molar-refractivity contribution is 0.174. The number of rotatable bonds is 0. The normalized spacial score (nSPS) is 9.83. The van der Waals surface area contributed by atoms with Crippen molar-refractivity contribution in [2.24, 2.45) is 0 Å². The highest BCUT2D eigenvalue weighted by atomic mass is 32.1. The summed E-state index contributed by atoms with van der Waals surface area (Å²) in [6.45, 7) is 0.360. The molecule has 0 bridgehead atoms. The van der Waals surface area contributed by atoms with E-state index >= 15 is 0 Å². The second-order valence-electron chi connectivity index (χ2n) is 19.8. The molecule has 30 heteroatoms. The zero-order chi connectivity index (χ0) is 72.2. The predicted molar refractivity (Wildman–Crippen MR) is 400 cm³/mol. The molecule has 0 saturated carbocycles. The molecular formula is C75H68N26O3S. The van der Waals surface area contributed by atoms with Crippen molar-refractivity contribution >= 4 is 61.6 Å². The van der Waals surface area contributed by atoms with Gasteiger partial charge in [0.2, 0.25) is 6.79 Å². The first-order valence-corrected chi connectivity index (χ1v) is 32.7. The molecule has 29 nitrogen and oxygen atoms in total. The van der Waals surface area contributed by atoms with Gasteiger partial charge in [0, 0.05) is 122 Å². The second-order valence-corrected chi connectivity index (χ2v) is 20.6. The van der Waals surface area contributed by atoms with E-state index in [1.54, 1.807) is 124 Å². The van der Waals surface area contributed by atoms with Crippen LogP contribution in [0.2, 0.25) is 0 Å². The topological polar surface area (TPSA) is 333 Å². The Morgan fingerprint density at radius 1 is 0.410 bits per heavy atom. The van der Waals surface area contributed by atoms with Crippen molar-refractivity contribution in [1.29, 1.82) is 0 Å². The number of benzene rings is 4. The van der Waals surface area contributed by atoms with E-state index in [2.05, 4.69) is 106 Å². The number of oxazole rings is 1. The highest BCUT2D eigenvalue weighted by Gasteiger charge is 2.09. The Hall–Kier alpha value is -15.2. The maximum absolute atomic E-state index is 5.08. The summed E-state index contributed by atoms with van der Waals surface area (Å²) in [5, 5.41) is 49.4. The summed E-state index contributed by atoms with van der Waals surface area (Å²) >= 11 is 1.60. The molecule has 4 aromatic carbocycles. The number of thiazole rings is 1. The molecule has 0 fully saturated rings. The first-order chi connectivity index (χ1) is 52.2. The Morgan fingerprint density at radius 3 is 1.66 bits per heavy atom. The van der Waals surface area contributed by atoms with Gasteiger partial charge in [-0.1, -0.05) is 109 Å². The average Bonchev–Trinajstić information content (AvgIpc) is 1.91. The van der Waals surface area contributed by atoms with Crippen molar-refractivity contribution in [3.8, 4) is 11.5 Å². The zero-order valence-corrected chi connectivity index (χ0v) is 56.8. The monoisotopic (exact) mass is 1410 g/mol. The fourth-order valence-corrected chi connectivity index (χ4v) is 8.29. The van der Waals surface area contributed by atoms with Crippen molar-refractivity contribution in [2.75, 3.05) is 6.79 Å². The largest absolute Gasteiger partial charge is 0.454 e. The highest BCUT2D eigenvalue weighted by molar-refractivity contribution is 7.07. The maximum atomic E-state index is 5.08. The standard InChI is InChI=1S/2C7H6N2.C7H5NO.C7H6O2.3C6H5N3.C6H6.C5H4N4.C5H5N.C4H4N2.2C3H4N2.C3H3NS/c1-2-5-9-6-4-8-7(9)3-1;1-2-4-7-6(3-1)5-8-9-7;2*1-2-4-7-6(3-1)8-5-9-7;1-3-7-6-2-4-8-9(6)5-1;1-2-4-9-5-7-8-6(9)3-1;1-2-4-9-6(3-1)7-5-8-9;1-2-4-6-5-3-1;1-2-4-9-5(3-1)6-7-8-9;2*1-2-4-6-5-3-1;1-2-5-3-4-1;1-2-4-5-3-1;1-2-5-3-4-1/h1-6H;1-5H,(H,8,9);1-5H;1-4H,5H2;3*1-5H;1-6H;1-4H;1-5H;1-4H;2*1-3H,(H,4,5);1-3H. The van der Waals surface area contributed by atoms with Crippen molar-refractivity contribution in [2.45, 2.75) is 0 Å². The number of imidazole rings is 2. The van der Waals surface area contributed by atoms with E-state index < -0.39 is 0 Å². The van der Waals surface area contributed by atoms with Crippen molar-refractivity contribution in [3.63, 3.8) is 0 Å². The summed E-state index contributed by atoms with van der Waals surface area (Å²) in [4.78, 5) is 30.0. The van der Waals surface area contributed by atoms with Gasteiger partial charge in [0.1, 0.15) is 23.8 Å². The SMILES string of the molecule is c1c[nH]cn1.c1ccc2[nH]ncc2c1.c1ccc2c(c1)OCO2.c1ccc2ocnc2c1.c1ccccc1.c1ccn2ccnc2c1.c1ccn2cnnc2c1.c1ccn2ncnc2c1.c1ccn2nnnc2c1.c1ccncc1.c1ccnnc1.c1cn[nH]c1.c1cnc2ccnn2c1.c1cscn1. The summed E-state index contributed by atoms with van der Waals surface area (Å²) in [5.41, 5.74) is 9.08. The molecule has 1 aliphatic rings. The minimum atomic E-state index is 0.360. The van der Waals surface area contributed by atoms with Crippen LogP contribution >= 0.6 is 11.3 Å². The van der Waals surface area contributed by atoms with Crippen LogP contribution in [0.1, 0.15) is 0 Å². The number of fused-ring (bicyclic) bond motifs is 8. The molecule has 0 amide bonds. The Bertz CT molecular complexity index is 4360. The quantitative estimate of drug-likeness (QED) is 0.127. The first-order valence-electron chi connectivity index (χ1n) is 31.7. The fourth-order valence-electron chi connectivity index (χ4n) is 7.94. The summed E-state index contributed by atoms with van der Waals surface area (Å²) in [6.07, 6.45) is 40.2. The summed E-state index contributed by atoms with van der Waals surface area (Å²) in [6, 6.07) is 73.3. The van der Waals surface area contributed by atoms with Crippen LogP contribution in [0.5, 0.6) is 11.5 Å². The molecule has 0 saturated heterocycles. The van der Waals surface area contributed by atoms with Crippen LogP contribution in [-0.2, 0) is 0 Å². The summed E-state index contributed by atoms with van der Waals surface area (Å²) in [5.74, 6) is 1.69. The van der Waals surface area contributed by atoms with Crippen LogP contribution in [0.3, 0.4) is 0 Å². The Labute approximate surface area is 604 Å². The van der Waals surface area contributed by atoms with Gasteiger partial charge in [-0.05, 0) is 126 Å². The molecule has 21 aromatic rings. The smallest absolute Gasteiger partial charge is 0.231 e. The van der Waals surface area contributed by atoms with E-state index in [1.807, 2.05) is 282 Å². The molecule has 1 aliphatic heterocycles. The number of hydrogen-bond donors (Lipinski definition) is 3.